The highest BCUT2D eigenvalue weighted by Crippen LogP contribution is 2.51. The van der Waals surface area contributed by atoms with Crippen LogP contribution in [-0.4, -0.2) is 41.2 Å². The summed E-state index contributed by atoms with van der Waals surface area (Å²) in [5.41, 5.74) is 5.80. The predicted octanol–water partition coefficient (Wildman–Crippen LogP) is 3.05. The minimum absolute atomic E-state index is 0.00665. The average molecular weight is 455 g/mol. The first kappa shape index (κ1) is 22.2. The standard InChI is InChI=1S/C20H20ClFN2O5S/c1-4-28-19(26)14-13(12-10(21)7-6-8-11(12)22)15(20(27)29-5-2)18-24(16(14)23)17(25)9(3)30-18/h6-9,13H,4-5,23H2,1-3H3/t9-,13-/m0/s1. The van der Waals surface area contributed by atoms with Crippen LogP contribution in [-0.2, 0) is 23.9 Å². The summed E-state index contributed by atoms with van der Waals surface area (Å²) >= 11 is 7.37. The van der Waals surface area contributed by atoms with Crippen molar-refractivity contribution in [2.45, 2.75) is 31.9 Å². The number of amides is 1. The van der Waals surface area contributed by atoms with Crippen LogP contribution in [0, 0.1) is 5.82 Å². The zero-order valence-corrected chi connectivity index (χ0v) is 18.1. The number of ether oxygens (including phenoxy) is 2. The lowest BCUT2D eigenvalue weighted by atomic mass is 9.82. The molecular weight excluding hydrogens is 435 g/mol. The number of halogens is 2. The minimum Gasteiger partial charge on any atom is -0.463 e. The van der Waals surface area contributed by atoms with E-state index in [1.54, 1.807) is 20.8 Å². The lowest BCUT2D eigenvalue weighted by Gasteiger charge is -2.33. The molecule has 0 spiro atoms. The summed E-state index contributed by atoms with van der Waals surface area (Å²) in [6.45, 7) is 4.90. The van der Waals surface area contributed by atoms with Crippen molar-refractivity contribution in [1.82, 2.24) is 4.90 Å². The van der Waals surface area contributed by atoms with Gasteiger partial charge in [0, 0.05) is 10.6 Å². The SMILES string of the molecule is CCOC(=O)C1=C(N)N2C(=O)[C@H](C)SC2=C(C(=O)OCC)[C@H]1c1c(F)cccc1Cl. The number of hydrogen-bond donors (Lipinski definition) is 1. The maximum Gasteiger partial charge on any atom is 0.338 e. The van der Waals surface area contributed by atoms with Gasteiger partial charge in [-0.1, -0.05) is 29.4 Å². The van der Waals surface area contributed by atoms with Crippen LogP contribution in [0.4, 0.5) is 4.39 Å². The van der Waals surface area contributed by atoms with Crippen LogP contribution in [0.3, 0.4) is 0 Å². The molecule has 1 aromatic rings. The largest absolute Gasteiger partial charge is 0.463 e. The van der Waals surface area contributed by atoms with Gasteiger partial charge in [0.05, 0.1) is 40.6 Å². The van der Waals surface area contributed by atoms with Crippen molar-refractivity contribution < 1.29 is 28.2 Å². The molecule has 0 bridgehead atoms. The van der Waals surface area contributed by atoms with Crippen molar-refractivity contribution in [3.63, 3.8) is 0 Å². The molecule has 1 saturated heterocycles. The zero-order chi connectivity index (χ0) is 22.2. The maximum absolute atomic E-state index is 14.9. The number of rotatable bonds is 5. The molecule has 0 saturated carbocycles. The molecule has 2 N–H and O–H groups in total. The van der Waals surface area contributed by atoms with Gasteiger partial charge in [-0.3, -0.25) is 9.69 Å². The van der Waals surface area contributed by atoms with E-state index in [0.29, 0.717) is 0 Å². The first-order chi connectivity index (χ1) is 14.2. The molecule has 3 rings (SSSR count). The van der Waals surface area contributed by atoms with Gasteiger partial charge in [-0.2, -0.15) is 0 Å². The van der Waals surface area contributed by atoms with E-state index >= 15 is 0 Å². The number of carbonyl (C=O) groups is 3. The van der Waals surface area contributed by atoms with E-state index in [-0.39, 0.29) is 45.8 Å². The van der Waals surface area contributed by atoms with Crippen LogP contribution in [0.15, 0.2) is 40.2 Å². The maximum atomic E-state index is 14.9. The van der Waals surface area contributed by atoms with E-state index < -0.39 is 34.8 Å². The molecule has 2 aliphatic rings. The number of hydrogen-bond acceptors (Lipinski definition) is 7. The summed E-state index contributed by atoms with van der Waals surface area (Å²) in [7, 11) is 0. The summed E-state index contributed by atoms with van der Waals surface area (Å²) in [6.07, 6.45) is 0. The third-order valence-electron chi connectivity index (χ3n) is 4.66. The van der Waals surface area contributed by atoms with Gasteiger partial charge in [0.15, 0.2) is 0 Å². The number of esters is 2. The summed E-state index contributed by atoms with van der Waals surface area (Å²) < 4.78 is 25.2. The summed E-state index contributed by atoms with van der Waals surface area (Å²) in [5.74, 6) is -4.34. The number of benzene rings is 1. The van der Waals surface area contributed by atoms with E-state index in [0.717, 1.165) is 22.7 Å². The second-order valence-electron chi connectivity index (χ2n) is 6.46. The molecule has 0 aliphatic carbocycles. The Balaban J connectivity index is 2.37. The second kappa shape index (κ2) is 8.69. The van der Waals surface area contributed by atoms with E-state index in [1.807, 2.05) is 0 Å². The van der Waals surface area contributed by atoms with Crippen molar-refractivity contribution in [3.05, 3.63) is 56.6 Å². The van der Waals surface area contributed by atoms with Gasteiger partial charge >= 0.3 is 11.9 Å². The fourth-order valence-corrected chi connectivity index (χ4v) is 4.86. The molecule has 2 heterocycles. The van der Waals surface area contributed by atoms with Crippen LogP contribution in [0.1, 0.15) is 32.3 Å². The number of thioether (sulfide) groups is 1. The third-order valence-corrected chi connectivity index (χ3v) is 6.17. The molecule has 7 nitrogen and oxygen atoms in total. The normalized spacial score (nSPS) is 21.1. The van der Waals surface area contributed by atoms with Crippen molar-refractivity contribution in [2.75, 3.05) is 13.2 Å². The van der Waals surface area contributed by atoms with Gasteiger partial charge in [-0.15, -0.1) is 0 Å². The molecule has 30 heavy (non-hydrogen) atoms. The third kappa shape index (κ3) is 3.56. The molecule has 2 atom stereocenters. The molecular formula is C20H20ClFN2O5S. The number of nitrogens with zero attached hydrogens (tertiary/aromatic N) is 1. The number of nitrogens with two attached hydrogens (primary N) is 1. The highest BCUT2D eigenvalue weighted by Gasteiger charge is 2.50. The molecule has 0 aromatic heterocycles. The van der Waals surface area contributed by atoms with Crippen molar-refractivity contribution in [2.24, 2.45) is 5.73 Å². The predicted molar refractivity (Wildman–Crippen MR) is 110 cm³/mol. The Bertz CT molecular complexity index is 973. The van der Waals surface area contributed by atoms with Crippen LogP contribution in [0.25, 0.3) is 0 Å². The fraction of sp³-hybridized carbons (Fsp3) is 0.350. The molecule has 1 fully saturated rings. The molecule has 0 unspecified atom stereocenters. The Kier molecular flexibility index (Phi) is 6.42. The Hall–Kier alpha value is -2.52. The van der Waals surface area contributed by atoms with Crippen molar-refractivity contribution in [1.29, 1.82) is 0 Å². The Morgan fingerprint density at radius 1 is 1.20 bits per heavy atom. The summed E-state index contributed by atoms with van der Waals surface area (Å²) in [5, 5.41) is -0.380. The van der Waals surface area contributed by atoms with E-state index in [1.165, 1.54) is 12.1 Å². The second-order valence-corrected chi connectivity index (χ2v) is 8.20. The average Bonchev–Trinajstić information content (AvgIpc) is 2.97. The molecule has 1 aromatic carbocycles. The van der Waals surface area contributed by atoms with E-state index in [2.05, 4.69) is 0 Å². The van der Waals surface area contributed by atoms with Crippen molar-refractivity contribution >= 4 is 41.2 Å². The smallest absolute Gasteiger partial charge is 0.338 e. The quantitative estimate of drug-likeness (QED) is 0.682. The lowest BCUT2D eigenvalue weighted by Crippen LogP contribution is -2.40. The Morgan fingerprint density at radius 2 is 1.80 bits per heavy atom. The zero-order valence-electron chi connectivity index (χ0n) is 16.5. The Morgan fingerprint density at radius 3 is 2.37 bits per heavy atom. The Labute approximate surface area is 182 Å². The van der Waals surface area contributed by atoms with E-state index in [4.69, 9.17) is 26.8 Å². The summed E-state index contributed by atoms with van der Waals surface area (Å²) in [6, 6.07) is 4.00. The highest BCUT2D eigenvalue weighted by atomic mass is 35.5. The topological polar surface area (TPSA) is 98.9 Å². The fourth-order valence-electron chi connectivity index (χ4n) is 3.42. The first-order valence-electron chi connectivity index (χ1n) is 9.27. The van der Waals surface area contributed by atoms with Crippen LogP contribution in [0.5, 0.6) is 0 Å². The molecule has 0 radical (unpaired) electrons. The van der Waals surface area contributed by atoms with Gasteiger partial charge in [0.25, 0.3) is 0 Å². The molecule has 10 heteroatoms. The molecule has 160 valence electrons. The lowest BCUT2D eigenvalue weighted by molar-refractivity contribution is -0.139. The van der Waals surface area contributed by atoms with Gasteiger partial charge in [-0.25, -0.2) is 14.0 Å². The van der Waals surface area contributed by atoms with Crippen molar-refractivity contribution in [3.8, 4) is 0 Å². The highest BCUT2D eigenvalue weighted by molar-refractivity contribution is 8.04. The number of carbonyl (C=O) groups excluding carboxylic acids is 3. The van der Waals surface area contributed by atoms with Crippen LogP contribution >= 0.6 is 23.4 Å². The minimum atomic E-state index is -1.30. The van der Waals surface area contributed by atoms with Crippen LogP contribution in [0.2, 0.25) is 5.02 Å². The van der Waals surface area contributed by atoms with Gasteiger partial charge < -0.3 is 15.2 Å². The van der Waals surface area contributed by atoms with E-state index in [9.17, 15) is 18.8 Å². The monoisotopic (exact) mass is 454 g/mol. The van der Waals surface area contributed by atoms with Crippen LogP contribution < -0.4 is 5.73 Å². The molecule has 1 amide bonds. The van der Waals surface area contributed by atoms with Gasteiger partial charge in [0.2, 0.25) is 5.91 Å². The van der Waals surface area contributed by atoms with Gasteiger partial charge in [-0.05, 0) is 32.9 Å². The first-order valence-corrected chi connectivity index (χ1v) is 10.5. The van der Waals surface area contributed by atoms with Gasteiger partial charge in [0.1, 0.15) is 11.6 Å². The summed E-state index contributed by atoms with van der Waals surface area (Å²) in [4.78, 5) is 39.7. The molecule has 2 aliphatic heterocycles. The number of fused-ring (bicyclic) bond motifs is 1.